The van der Waals surface area contributed by atoms with Gasteiger partial charge in [0.2, 0.25) is 5.91 Å². The summed E-state index contributed by atoms with van der Waals surface area (Å²) >= 11 is 9.51. The molecule has 2 aromatic rings. The molecule has 0 saturated carbocycles. The van der Waals surface area contributed by atoms with Crippen LogP contribution in [0, 0.1) is 0 Å². The summed E-state index contributed by atoms with van der Waals surface area (Å²) in [7, 11) is -3.57. The first-order valence-electron chi connectivity index (χ1n) is 7.88. The number of benzene rings is 2. The SMILES string of the molecule is O=C(CS(=O)(=O)Cc1cccc(Br)c1)Nc1cc2c(cc1Cl)CCC2. The highest BCUT2D eigenvalue weighted by atomic mass is 79.9. The molecule has 1 aliphatic rings. The molecule has 1 aliphatic carbocycles. The lowest BCUT2D eigenvalue weighted by molar-refractivity contribution is -0.113. The van der Waals surface area contributed by atoms with Crippen LogP contribution in [-0.4, -0.2) is 20.1 Å². The predicted octanol–water partition coefficient (Wildman–Crippen LogP) is 4.14. The first-order valence-corrected chi connectivity index (χ1v) is 10.9. The van der Waals surface area contributed by atoms with Crippen molar-refractivity contribution in [2.75, 3.05) is 11.1 Å². The molecular formula is C18H17BrClNO3S. The summed E-state index contributed by atoms with van der Waals surface area (Å²) in [6, 6.07) is 10.7. The van der Waals surface area contributed by atoms with E-state index in [4.69, 9.17) is 11.6 Å². The van der Waals surface area contributed by atoms with Crippen LogP contribution in [-0.2, 0) is 33.2 Å². The van der Waals surface area contributed by atoms with Crippen LogP contribution < -0.4 is 5.32 Å². The molecule has 0 radical (unpaired) electrons. The molecule has 0 heterocycles. The standard InChI is InChI=1S/C18H17BrClNO3S/c19-15-6-1-3-12(7-15)10-25(23,24)11-18(22)21-17-9-14-5-2-4-13(14)8-16(17)20/h1,3,6-9H,2,4-5,10-11H2,(H,21,22). The number of fused-ring (bicyclic) bond motifs is 1. The molecule has 3 rings (SSSR count). The Labute approximate surface area is 160 Å². The van der Waals surface area contributed by atoms with Gasteiger partial charge in [-0.15, -0.1) is 0 Å². The van der Waals surface area contributed by atoms with Gasteiger partial charge in [0.25, 0.3) is 0 Å². The minimum Gasteiger partial charge on any atom is -0.324 e. The molecule has 1 N–H and O–H groups in total. The van der Waals surface area contributed by atoms with E-state index in [9.17, 15) is 13.2 Å². The van der Waals surface area contributed by atoms with E-state index in [2.05, 4.69) is 21.2 Å². The Morgan fingerprint density at radius 2 is 1.88 bits per heavy atom. The highest BCUT2D eigenvalue weighted by Crippen LogP contribution is 2.31. The summed E-state index contributed by atoms with van der Waals surface area (Å²) in [5, 5.41) is 3.08. The number of carbonyl (C=O) groups excluding carboxylic acids is 1. The zero-order valence-corrected chi connectivity index (χ0v) is 16.5. The minimum absolute atomic E-state index is 0.183. The van der Waals surface area contributed by atoms with Crippen molar-refractivity contribution in [1.82, 2.24) is 0 Å². The number of amides is 1. The van der Waals surface area contributed by atoms with E-state index in [1.54, 1.807) is 18.2 Å². The number of halogens is 2. The summed E-state index contributed by atoms with van der Waals surface area (Å²) in [6.07, 6.45) is 3.02. The van der Waals surface area contributed by atoms with Crippen molar-refractivity contribution in [3.05, 3.63) is 62.6 Å². The highest BCUT2D eigenvalue weighted by Gasteiger charge is 2.20. The van der Waals surface area contributed by atoms with E-state index >= 15 is 0 Å². The zero-order valence-electron chi connectivity index (χ0n) is 13.4. The Balaban J connectivity index is 1.68. The summed E-state index contributed by atoms with van der Waals surface area (Å²) < 4.78 is 25.4. The maximum absolute atomic E-state index is 12.3. The van der Waals surface area contributed by atoms with E-state index in [0.29, 0.717) is 16.3 Å². The van der Waals surface area contributed by atoms with Crippen LogP contribution in [0.5, 0.6) is 0 Å². The Morgan fingerprint density at radius 3 is 2.60 bits per heavy atom. The number of hydrogen-bond donors (Lipinski definition) is 1. The van der Waals surface area contributed by atoms with Crippen molar-refractivity contribution < 1.29 is 13.2 Å². The second-order valence-corrected chi connectivity index (χ2v) is 9.55. The maximum atomic E-state index is 12.3. The van der Waals surface area contributed by atoms with Crippen LogP contribution in [0.3, 0.4) is 0 Å². The number of anilines is 1. The molecular weight excluding hydrogens is 426 g/mol. The zero-order chi connectivity index (χ0) is 18.0. The van der Waals surface area contributed by atoms with Crippen molar-refractivity contribution in [2.24, 2.45) is 0 Å². The van der Waals surface area contributed by atoms with Crippen molar-refractivity contribution in [3.63, 3.8) is 0 Å². The summed E-state index contributed by atoms with van der Waals surface area (Å²) in [6.45, 7) is 0. The minimum atomic E-state index is -3.57. The average Bonchev–Trinajstić information content (AvgIpc) is 2.93. The first-order chi connectivity index (χ1) is 11.8. The van der Waals surface area contributed by atoms with Crippen LogP contribution in [0.15, 0.2) is 40.9 Å². The van der Waals surface area contributed by atoms with Gasteiger partial charge in [0.05, 0.1) is 16.5 Å². The van der Waals surface area contributed by atoms with E-state index in [1.165, 1.54) is 5.56 Å². The van der Waals surface area contributed by atoms with Gasteiger partial charge in [0.1, 0.15) is 5.75 Å². The molecule has 0 aromatic heterocycles. The fourth-order valence-corrected chi connectivity index (χ4v) is 4.95. The molecule has 0 aliphatic heterocycles. The summed E-state index contributed by atoms with van der Waals surface area (Å²) in [5.74, 6) is -1.33. The average molecular weight is 443 g/mol. The van der Waals surface area contributed by atoms with Gasteiger partial charge in [0, 0.05) is 4.47 Å². The number of sulfone groups is 1. The third kappa shape index (κ3) is 4.84. The number of carbonyl (C=O) groups is 1. The quantitative estimate of drug-likeness (QED) is 0.757. The molecule has 0 unspecified atom stereocenters. The second-order valence-electron chi connectivity index (χ2n) is 6.16. The lowest BCUT2D eigenvalue weighted by atomic mass is 10.1. The summed E-state index contributed by atoms with van der Waals surface area (Å²) in [4.78, 5) is 12.2. The molecule has 25 heavy (non-hydrogen) atoms. The van der Waals surface area contributed by atoms with Gasteiger partial charge in [-0.1, -0.05) is 39.7 Å². The van der Waals surface area contributed by atoms with Crippen LogP contribution in [0.2, 0.25) is 5.02 Å². The van der Waals surface area contributed by atoms with E-state index in [0.717, 1.165) is 29.3 Å². The molecule has 0 spiro atoms. The largest absolute Gasteiger partial charge is 0.324 e. The second kappa shape index (κ2) is 7.48. The van der Waals surface area contributed by atoms with Crippen LogP contribution in [0.4, 0.5) is 5.69 Å². The van der Waals surface area contributed by atoms with E-state index in [1.807, 2.05) is 18.2 Å². The van der Waals surface area contributed by atoms with Crippen LogP contribution >= 0.6 is 27.5 Å². The third-order valence-electron chi connectivity index (χ3n) is 4.08. The Kier molecular flexibility index (Phi) is 5.51. The molecule has 7 heteroatoms. The Bertz CT molecular complexity index is 928. The van der Waals surface area contributed by atoms with Crippen molar-refractivity contribution >= 4 is 49.0 Å². The highest BCUT2D eigenvalue weighted by molar-refractivity contribution is 9.10. The smallest absolute Gasteiger partial charge is 0.239 e. The molecule has 4 nitrogen and oxygen atoms in total. The normalized spacial score (nSPS) is 13.5. The van der Waals surface area contributed by atoms with Gasteiger partial charge in [-0.3, -0.25) is 4.79 Å². The molecule has 2 aromatic carbocycles. The molecule has 1 amide bonds. The lowest BCUT2D eigenvalue weighted by Gasteiger charge is -2.10. The van der Waals surface area contributed by atoms with Gasteiger partial charge >= 0.3 is 0 Å². The first kappa shape index (κ1) is 18.4. The monoisotopic (exact) mass is 441 g/mol. The molecule has 0 saturated heterocycles. The van der Waals surface area contributed by atoms with Gasteiger partial charge < -0.3 is 5.32 Å². The van der Waals surface area contributed by atoms with E-state index < -0.39 is 21.5 Å². The summed E-state index contributed by atoms with van der Waals surface area (Å²) in [5.41, 5.74) is 3.48. The third-order valence-corrected chi connectivity index (χ3v) is 6.36. The number of rotatable bonds is 5. The van der Waals surface area contributed by atoms with Crippen molar-refractivity contribution in [2.45, 2.75) is 25.0 Å². The number of nitrogens with one attached hydrogen (secondary N) is 1. The lowest BCUT2D eigenvalue weighted by Crippen LogP contribution is -2.24. The Hall–Kier alpha value is -1.37. The van der Waals surface area contributed by atoms with Crippen LogP contribution in [0.1, 0.15) is 23.1 Å². The fourth-order valence-electron chi connectivity index (χ4n) is 3.01. The predicted molar refractivity (Wildman–Crippen MR) is 104 cm³/mol. The van der Waals surface area contributed by atoms with Gasteiger partial charge in [-0.25, -0.2) is 8.42 Å². The van der Waals surface area contributed by atoms with Crippen LogP contribution in [0.25, 0.3) is 0 Å². The number of aryl methyl sites for hydroxylation is 2. The maximum Gasteiger partial charge on any atom is 0.239 e. The van der Waals surface area contributed by atoms with Gasteiger partial charge in [-0.2, -0.15) is 0 Å². The molecule has 0 bridgehead atoms. The van der Waals surface area contributed by atoms with Gasteiger partial charge in [-0.05, 0) is 60.2 Å². The van der Waals surface area contributed by atoms with Crippen molar-refractivity contribution in [3.8, 4) is 0 Å². The molecule has 132 valence electrons. The van der Waals surface area contributed by atoms with Crippen molar-refractivity contribution in [1.29, 1.82) is 0 Å². The topological polar surface area (TPSA) is 63.2 Å². The van der Waals surface area contributed by atoms with Gasteiger partial charge in [0.15, 0.2) is 9.84 Å². The Morgan fingerprint density at radius 1 is 1.16 bits per heavy atom. The fraction of sp³-hybridized carbons (Fsp3) is 0.278. The van der Waals surface area contributed by atoms with E-state index in [-0.39, 0.29) is 5.75 Å². The molecule has 0 atom stereocenters. The number of hydrogen-bond acceptors (Lipinski definition) is 3. The molecule has 0 fully saturated rings.